The Bertz CT molecular complexity index is 655. The molecule has 1 aromatic rings. The van der Waals surface area contributed by atoms with Gasteiger partial charge in [0.2, 0.25) is 11.8 Å². The van der Waals surface area contributed by atoms with Gasteiger partial charge in [0, 0.05) is 6.42 Å². The molecular weight excluding hydrogens is 324 g/mol. The molecule has 2 atom stereocenters. The van der Waals surface area contributed by atoms with Crippen LogP contribution in [0, 0.1) is 0 Å². The van der Waals surface area contributed by atoms with Crippen LogP contribution in [0.2, 0.25) is 0 Å². The summed E-state index contributed by atoms with van der Waals surface area (Å²) in [5.74, 6) is -1.52. The molecule has 0 bridgehead atoms. The standard InChI is InChI=1S/C13H14N4O5S/c1-7(12(20)21)15-10(18)5-9-11(19)16-13(23-9)17-14-6-8-3-2-4-22-8/h2-4,6-7,9H,5H2,1H3,(H,15,18)(H,20,21)(H,16,17,19)/t7-,9-/m1/s1. The van der Waals surface area contributed by atoms with Gasteiger partial charge in [0.05, 0.1) is 12.5 Å². The van der Waals surface area contributed by atoms with E-state index in [0.29, 0.717) is 5.76 Å². The number of thioether (sulfide) groups is 1. The van der Waals surface area contributed by atoms with Crippen molar-refractivity contribution < 1.29 is 23.9 Å². The first-order valence-corrected chi connectivity index (χ1v) is 7.48. The molecule has 9 nitrogen and oxygen atoms in total. The molecule has 1 saturated heterocycles. The molecule has 2 heterocycles. The Kier molecular flexibility index (Phi) is 5.52. The number of amidine groups is 1. The summed E-state index contributed by atoms with van der Waals surface area (Å²) >= 11 is 1.06. The second kappa shape index (κ2) is 7.58. The predicted octanol–water partition coefficient (Wildman–Crippen LogP) is 0.180. The van der Waals surface area contributed by atoms with E-state index in [2.05, 4.69) is 20.8 Å². The minimum atomic E-state index is -1.14. The normalized spacial score (nSPS) is 20.7. The Balaban J connectivity index is 1.87. The van der Waals surface area contributed by atoms with Crippen molar-refractivity contribution in [3.8, 4) is 0 Å². The average Bonchev–Trinajstić information content (AvgIpc) is 3.09. The quantitative estimate of drug-likeness (QED) is 0.500. The van der Waals surface area contributed by atoms with Gasteiger partial charge in [0.1, 0.15) is 17.1 Å². The van der Waals surface area contributed by atoms with E-state index in [1.807, 2.05) is 0 Å². The summed E-state index contributed by atoms with van der Waals surface area (Å²) in [7, 11) is 0. The first kappa shape index (κ1) is 16.7. The van der Waals surface area contributed by atoms with Crippen molar-refractivity contribution in [1.29, 1.82) is 0 Å². The van der Waals surface area contributed by atoms with E-state index in [1.54, 1.807) is 12.1 Å². The van der Waals surface area contributed by atoms with Crippen LogP contribution >= 0.6 is 11.8 Å². The number of amides is 2. The summed E-state index contributed by atoms with van der Waals surface area (Å²) in [5.41, 5.74) is 0. The average molecular weight is 338 g/mol. The Morgan fingerprint density at radius 1 is 1.61 bits per heavy atom. The maximum Gasteiger partial charge on any atom is 0.325 e. The van der Waals surface area contributed by atoms with Gasteiger partial charge in [-0.3, -0.25) is 14.4 Å². The van der Waals surface area contributed by atoms with Crippen LogP contribution in [0.1, 0.15) is 19.1 Å². The Morgan fingerprint density at radius 3 is 3.04 bits per heavy atom. The van der Waals surface area contributed by atoms with Crippen LogP contribution in [0.3, 0.4) is 0 Å². The van der Waals surface area contributed by atoms with E-state index < -0.39 is 23.2 Å². The van der Waals surface area contributed by atoms with E-state index in [-0.39, 0.29) is 17.5 Å². The second-order valence-corrected chi connectivity index (χ2v) is 5.78. The van der Waals surface area contributed by atoms with Crippen molar-refractivity contribution in [3.05, 3.63) is 24.2 Å². The van der Waals surface area contributed by atoms with E-state index in [0.717, 1.165) is 11.8 Å². The number of furan rings is 1. The molecule has 0 aliphatic carbocycles. The molecule has 1 aromatic heterocycles. The van der Waals surface area contributed by atoms with Gasteiger partial charge in [-0.1, -0.05) is 11.8 Å². The fourth-order valence-corrected chi connectivity index (χ4v) is 2.54. The molecule has 1 fully saturated rings. The van der Waals surface area contributed by atoms with Gasteiger partial charge in [-0.05, 0) is 19.1 Å². The topological polar surface area (TPSA) is 133 Å². The van der Waals surface area contributed by atoms with Gasteiger partial charge in [-0.2, -0.15) is 5.10 Å². The van der Waals surface area contributed by atoms with Crippen LogP contribution in [0.5, 0.6) is 0 Å². The number of carboxylic acid groups (broad SMARTS) is 1. The molecule has 0 saturated carbocycles. The van der Waals surface area contributed by atoms with Crippen LogP contribution in [0.4, 0.5) is 0 Å². The van der Waals surface area contributed by atoms with Crippen LogP contribution in [-0.4, -0.2) is 45.6 Å². The van der Waals surface area contributed by atoms with Gasteiger partial charge < -0.3 is 20.2 Å². The first-order chi connectivity index (χ1) is 11.0. The van der Waals surface area contributed by atoms with Crippen LogP contribution in [0.25, 0.3) is 0 Å². The zero-order valence-corrected chi connectivity index (χ0v) is 12.9. The number of hydrogen-bond donors (Lipinski definition) is 3. The van der Waals surface area contributed by atoms with E-state index in [9.17, 15) is 14.4 Å². The van der Waals surface area contributed by atoms with E-state index >= 15 is 0 Å². The maximum absolute atomic E-state index is 11.8. The molecule has 10 heteroatoms. The molecule has 3 N–H and O–H groups in total. The lowest BCUT2D eigenvalue weighted by molar-refractivity contribution is -0.141. The summed E-state index contributed by atoms with van der Waals surface area (Å²) in [6.45, 7) is 1.35. The van der Waals surface area contributed by atoms with Gasteiger partial charge >= 0.3 is 5.97 Å². The van der Waals surface area contributed by atoms with Crippen molar-refractivity contribution in [2.75, 3.05) is 0 Å². The molecule has 1 aliphatic rings. The monoisotopic (exact) mass is 338 g/mol. The van der Waals surface area contributed by atoms with Crippen molar-refractivity contribution in [2.24, 2.45) is 10.2 Å². The predicted molar refractivity (Wildman–Crippen MR) is 83.1 cm³/mol. The van der Waals surface area contributed by atoms with Crippen LogP contribution < -0.4 is 10.6 Å². The third kappa shape index (κ3) is 4.95. The molecular formula is C13H14N4O5S. The summed E-state index contributed by atoms with van der Waals surface area (Å²) in [6.07, 6.45) is 2.73. The Labute approximate surface area is 135 Å². The summed E-state index contributed by atoms with van der Waals surface area (Å²) in [4.78, 5) is 34.1. The lowest BCUT2D eigenvalue weighted by Crippen LogP contribution is -2.40. The smallest absolute Gasteiger partial charge is 0.325 e. The number of carboxylic acids is 1. The third-order valence-electron chi connectivity index (χ3n) is 2.77. The van der Waals surface area contributed by atoms with E-state index in [1.165, 1.54) is 19.4 Å². The Hall–Kier alpha value is -2.62. The van der Waals surface area contributed by atoms with Crippen LogP contribution in [0.15, 0.2) is 33.0 Å². The number of hydrogen-bond acceptors (Lipinski definition) is 7. The summed E-state index contributed by atoms with van der Waals surface area (Å²) in [6, 6.07) is 2.39. The minimum absolute atomic E-state index is 0.144. The second-order valence-electron chi connectivity index (χ2n) is 4.59. The van der Waals surface area contributed by atoms with Gasteiger partial charge in [0.25, 0.3) is 0 Å². The molecule has 23 heavy (non-hydrogen) atoms. The largest absolute Gasteiger partial charge is 0.480 e. The van der Waals surface area contributed by atoms with Crippen molar-refractivity contribution in [2.45, 2.75) is 24.6 Å². The molecule has 0 radical (unpaired) electrons. The summed E-state index contributed by atoms with van der Waals surface area (Å²) < 4.78 is 5.04. The van der Waals surface area contributed by atoms with Gasteiger partial charge in [-0.15, -0.1) is 5.10 Å². The molecule has 0 unspecified atom stereocenters. The van der Waals surface area contributed by atoms with Crippen molar-refractivity contribution in [1.82, 2.24) is 10.6 Å². The minimum Gasteiger partial charge on any atom is -0.480 e. The zero-order valence-electron chi connectivity index (χ0n) is 12.1. The summed E-state index contributed by atoms with van der Waals surface area (Å²) in [5, 5.41) is 20.7. The highest BCUT2D eigenvalue weighted by atomic mass is 32.2. The SMILES string of the molecule is C[C@@H](NC(=O)C[C@H]1S/C(=N/N=Cc2ccco2)NC1=O)C(=O)O. The molecule has 2 rings (SSSR count). The lowest BCUT2D eigenvalue weighted by Gasteiger charge is -2.10. The lowest BCUT2D eigenvalue weighted by atomic mass is 10.2. The first-order valence-electron chi connectivity index (χ1n) is 6.60. The molecule has 0 spiro atoms. The van der Waals surface area contributed by atoms with Crippen LogP contribution in [-0.2, 0) is 14.4 Å². The fraction of sp³-hybridized carbons (Fsp3) is 0.308. The Morgan fingerprint density at radius 2 is 2.39 bits per heavy atom. The maximum atomic E-state index is 11.8. The van der Waals surface area contributed by atoms with Gasteiger partial charge in [0.15, 0.2) is 5.17 Å². The molecule has 2 amide bonds. The van der Waals surface area contributed by atoms with Gasteiger partial charge in [-0.25, -0.2) is 0 Å². The highest BCUT2D eigenvalue weighted by Crippen LogP contribution is 2.22. The van der Waals surface area contributed by atoms with Crippen molar-refractivity contribution >= 4 is 40.9 Å². The number of carbonyl (C=O) groups excluding carboxylic acids is 2. The zero-order chi connectivity index (χ0) is 16.8. The molecule has 1 aliphatic heterocycles. The van der Waals surface area contributed by atoms with Crippen molar-refractivity contribution in [3.63, 3.8) is 0 Å². The number of nitrogens with zero attached hydrogens (tertiary/aromatic N) is 2. The molecule has 0 aromatic carbocycles. The third-order valence-corrected chi connectivity index (χ3v) is 3.84. The number of nitrogens with one attached hydrogen (secondary N) is 2. The van der Waals surface area contributed by atoms with E-state index in [4.69, 9.17) is 9.52 Å². The fourth-order valence-electron chi connectivity index (χ4n) is 1.62. The highest BCUT2D eigenvalue weighted by molar-refractivity contribution is 8.15. The number of rotatable bonds is 6. The highest BCUT2D eigenvalue weighted by Gasteiger charge is 2.32. The number of carbonyl (C=O) groups is 3. The molecule has 122 valence electrons. The number of aliphatic carboxylic acids is 1.